The van der Waals surface area contributed by atoms with Gasteiger partial charge in [-0.05, 0) is 24.1 Å². The number of nitrogens with one attached hydrogen (secondary N) is 1. The van der Waals surface area contributed by atoms with E-state index in [9.17, 15) is 4.39 Å². The minimum atomic E-state index is -0.152. The molecule has 2 nitrogen and oxygen atoms in total. The predicted octanol–water partition coefficient (Wildman–Crippen LogP) is 3.75. The van der Waals surface area contributed by atoms with Crippen LogP contribution in [0.5, 0.6) is 0 Å². The van der Waals surface area contributed by atoms with Gasteiger partial charge in [0, 0.05) is 31.7 Å². The monoisotopic (exact) mass is 290 g/mol. The lowest BCUT2D eigenvalue weighted by Crippen LogP contribution is -2.24. The van der Waals surface area contributed by atoms with Crippen LogP contribution >= 0.6 is 0 Å². The van der Waals surface area contributed by atoms with Gasteiger partial charge in [-0.1, -0.05) is 38.1 Å². The summed E-state index contributed by atoms with van der Waals surface area (Å²) in [6.07, 6.45) is 3.66. The van der Waals surface area contributed by atoms with Gasteiger partial charge in [-0.15, -0.1) is 13.2 Å². The second kappa shape index (κ2) is 9.48. The van der Waals surface area contributed by atoms with Gasteiger partial charge in [0.15, 0.2) is 0 Å². The largest absolute Gasteiger partial charge is 0.312 e. The minimum Gasteiger partial charge on any atom is -0.312 e. The van der Waals surface area contributed by atoms with Gasteiger partial charge in [0.2, 0.25) is 0 Å². The first-order valence-corrected chi connectivity index (χ1v) is 7.49. The van der Waals surface area contributed by atoms with Crippen LogP contribution in [0.2, 0.25) is 0 Å². The topological polar surface area (TPSA) is 15.3 Å². The van der Waals surface area contributed by atoms with Gasteiger partial charge in [0.1, 0.15) is 5.82 Å². The van der Waals surface area contributed by atoms with Crippen molar-refractivity contribution in [3.8, 4) is 0 Å². The lowest BCUT2D eigenvalue weighted by Gasteiger charge is -2.19. The summed E-state index contributed by atoms with van der Waals surface area (Å²) in [5.41, 5.74) is 1.84. The van der Waals surface area contributed by atoms with Crippen molar-refractivity contribution in [3.05, 3.63) is 60.5 Å². The van der Waals surface area contributed by atoms with E-state index in [2.05, 4.69) is 37.2 Å². The van der Waals surface area contributed by atoms with E-state index in [-0.39, 0.29) is 5.82 Å². The molecule has 0 amide bonds. The van der Waals surface area contributed by atoms with Crippen LogP contribution in [0.25, 0.3) is 0 Å². The maximum atomic E-state index is 14.0. The van der Waals surface area contributed by atoms with Gasteiger partial charge in [-0.2, -0.15) is 0 Å². The van der Waals surface area contributed by atoms with Crippen LogP contribution in [0.3, 0.4) is 0 Å². The third kappa shape index (κ3) is 6.69. The van der Waals surface area contributed by atoms with Crippen LogP contribution in [-0.2, 0) is 13.1 Å². The van der Waals surface area contributed by atoms with Gasteiger partial charge in [-0.25, -0.2) is 4.39 Å². The molecule has 116 valence electrons. The number of halogens is 1. The molecular weight excluding hydrogens is 263 g/mol. The third-order valence-corrected chi connectivity index (χ3v) is 3.16. The van der Waals surface area contributed by atoms with Crippen molar-refractivity contribution in [2.24, 2.45) is 5.92 Å². The Balaban J connectivity index is 2.71. The average Bonchev–Trinajstić information content (AvgIpc) is 2.42. The molecule has 1 rings (SSSR count). The molecule has 0 fully saturated rings. The number of hydrogen-bond donors (Lipinski definition) is 1. The highest BCUT2D eigenvalue weighted by Gasteiger charge is 2.08. The van der Waals surface area contributed by atoms with E-state index < -0.39 is 0 Å². The maximum Gasteiger partial charge on any atom is 0.127 e. The van der Waals surface area contributed by atoms with Gasteiger partial charge in [0.05, 0.1) is 0 Å². The van der Waals surface area contributed by atoms with Crippen LogP contribution in [0.1, 0.15) is 25.0 Å². The zero-order valence-electron chi connectivity index (χ0n) is 13.2. The van der Waals surface area contributed by atoms with Crippen molar-refractivity contribution >= 4 is 0 Å². The van der Waals surface area contributed by atoms with Crippen molar-refractivity contribution < 1.29 is 4.39 Å². The van der Waals surface area contributed by atoms with Crippen molar-refractivity contribution in [3.63, 3.8) is 0 Å². The van der Waals surface area contributed by atoms with Crippen LogP contribution in [0.15, 0.2) is 43.5 Å². The van der Waals surface area contributed by atoms with Gasteiger partial charge in [-0.3, -0.25) is 4.90 Å². The smallest absolute Gasteiger partial charge is 0.127 e. The second-order valence-electron chi connectivity index (χ2n) is 5.72. The Bertz CT molecular complexity index is 445. The summed E-state index contributed by atoms with van der Waals surface area (Å²) in [5.74, 6) is 0.460. The standard InChI is InChI=1S/C18H27FN2/c1-5-9-21(10-6-2)14-17-11-16(7-8-18(17)19)13-20-12-15(3)4/h5-8,11,15,20H,1-2,9-10,12-14H2,3-4H3. The lowest BCUT2D eigenvalue weighted by molar-refractivity contribution is 0.322. The molecule has 1 N–H and O–H groups in total. The van der Waals surface area contributed by atoms with E-state index in [1.165, 1.54) is 0 Å². The van der Waals surface area contributed by atoms with Crippen molar-refractivity contribution in [2.45, 2.75) is 26.9 Å². The molecule has 0 aliphatic carbocycles. The van der Waals surface area contributed by atoms with E-state index in [1.807, 2.05) is 24.3 Å². The van der Waals surface area contributed by atoms with Gasteiger partial charge < -0.3 is 5.32 Å². The summed E-state index contributed by atoms with van der Waals surface area (Å²) < 4.78 is 14.0. The quantitative estimate of drug-likeness (QED) is 0.660. The summed E-state index contributed by atoms with van der Waals surface area (Å²) in [6.45, 7) is 15.6. The summed E-state index contributed by atoms with van der Waals surface area (Å²) in [5, 5.41) is 3.38. The molecule has 0 heterocycles. The van der Waals surface area contributed by atoms with E-state index >= 15 is 0 Å². The van der Waals surface area contributed by atoms with Crippen LogP contribution < -0.4 is 5.32 Å². The molecule has 0 aromatic heterocycles. The summed E-state index contributed by atoms with van der Waals surface area (Å²) >= 11 is 0. The summed E-state index contributed by atoms with van der Waals surface area (Å²) in [6, 6.07) is 5.35. The summed E-state index contributed by atoms with van der Waals surface area (Å²) in [7, 11) is 0. The van der Waals surface area contributed by atoms with E-state index in [0.29, 0.717) is 12.5 Å². The third-order valence-electron chi connectivity index (χ3n) is 3.16. The molecule has 1 aromatic carbocycles. The highest BCUT2D eigenvalue weighted by atomic mass is 19.1. The Labute approximate surface area is 128 Å². The fourth-order valence-electron chi connectivity index (χ4n) is 2.17. The van der Waals surface area contributed by atoms with Gasteiger partial charge >= 0.3 is 0 Å². The van der Waals surface area contributed by atoms with Crippen LogP contribution in [0, 0.1) is 11.7 Å². The fraction of sp³-hybridized carbons (Fsp3) is 0.444. The number of nitrogens with zero attached hydrogens (tertiary/aromatic N) is 1. The molecule has 21 heavy (non-hydrogen) atoms. The second-order valence-corrected chi connectivity index (χ2v) is 5.72. The lowest BCUT2D eigenvalue weighted by atomic mass is 10.1. The molecule has 0 saturated carbocycles. The molecule has 0 atom stereocenters. The molecule has 0 radical (unpaired) electrons. The van der Waals surface area contributed by atoms with Crippen molar-refractivity contribution in [1.82, 2.24) is 10.2 Å². The van der Waals surface area contributed by atoms with E-state index in [0.717, 1.165) is 37.3 Å². The maximum absolute atomic E-state index is 14.0. The number of hydrogen-bond acceptors (Lipinski definition) is 2. The number of rotatable bonds is 10. The summed E-state index contributed by atoms with van der Waals surface area (Å²) in [4.78, 5) is 2.10. The Morgan fingerprint density at radius 3 is 2.48 bits per heavy atom. The van der Waals surface area contributed by atoms with Crippen molar-refractivity contribution in [1.29, 1.82) is 0 Å². The zero-order valence-corrected chi connectivity index (χ0v) is 13.2. The molecule has 0 aliphatic rings. The Hall–Kier alpha value is -1.45. The molecule has 3 heteroatoms. The fourth-order valence-corrected chi connectivity index (χ4v) is 2.17. The molecule has 0 spiro atoms. The Morgan fingerprint density at radius 2 is 1.90 bits per heavy atom. The first kappa shape index (κ1) is 17.6. The Kier molecular flexibility index (Phi) is 7.95. The van der Waals surface area contributed by atoms with Crippen LogP contribution in [-0.4, -0.2) is 24.5 Å². The van der Waals surface area contributed by atoms with Crippen molar-refractivity contribution in [2.75, 3.05) is 19.6 Å². The molecular formula is C18H27FN2. The highest BCUT2D eigenvalue weighted by Crippen LogP contribution is 2.13. The SMILES string of the molecule is C=CCN(CC=C)Cc1cc(CNCC(C)C)ccc1F. The minimum absolute atomic E-state index is 0.152. The molecule has 0 aliphatic heterocycles. The highest BCUT2D eigenvalue weighted by molar-refractivity contribution is 5.25. The van der Waals surface area contributed by atoms with Gasteiger partial charge in [0.25, 0.3) is 0 Å². The first-order valence-electron chi connectivity index (χ1n) is 7.49. The molecule has 1 aromatic rings. The zero-order chi connectivity index (χ0) is 15.7. The first-order chi connectivity index (χ1) is 10.1. The average molecular weight is 290 g/mol. The Morgan fingerprint density at radius 1 is 1.24 bits per heavy atom. The predicted molar refractivity (Wildman–Crippen MR) is 88.6 cm³/mol. The van der Waals surface area contributed by atoms with E-state index in [4.69, 9.17) is 0 Å². The van der Waals surface area contributed by atoms with E-state index in [1.54, 1.807) is 6.07 Å². The molecule has 0 bridgehead atoms. The van der Waals surface area contributed by atoms with Crippen LogP contribution in [0.4, 0.5) is 4.39 Å². The normalized spacial score (nSPS) is 11.1. The molecule has 0 unspecified atom stereocenters. The number of benzene rings is 1. The molecule has 0 saturated heterocycles.